The van der Waals surface area contributed by atoms with Crippen molar-refractivity contribution in [1.29, 1.82) is 0 Å². The molecule has 0 aliphatic heterocycles. The van der Waals surface area contributed by atoms with Crippen LogP contribution in [0, 0.1) is 0 Å². The predicted molar refractivity (Wildman–Crippen MR) is 91.9 cm³/mol. The van der Waals surface area contributed by atoms with E-state index in [9.17, 15) is 4.79 Å². The zero-order chi connectivity index (χ0) is 15.2. The lowest BCUT2D eigenvalue weighted by atomic mass is 10.1. The van der Waals surface area contributed by atoms with Gasteiger partial charge >= 0.3 is 5.97 Å². The summed E-state index contributed by atoms with van der Waals surface area (Å²) in [5.41, 5.74) is 2.58. The van der Waals surface area contributed by atoms with Crippen molar-refractivity contribution in [2.24, 2.45) is 0 Å². The number of aromatic carboxylic acids is 1. The van der Waals surface area contributed by atoms with E-state index in [2.05, 4.69) is 17.5 Å². The molecule has 110 valence electrons. The van der Waals surface area contributed by atoms with Crippen molar-refractivity contribution in [2.75, 3.05) is 0 Å². The van der Waals surface area contributed by atoms with Crippen LogP contribution in [-0.2, 0) is 12.8 Å². The molecule has 3 aromatic rings. The zero-order valence-corrected chi connectivity index (χ0v) is 13.8. The average molecular weight is 318 g/mol. The average Bonchev–Trinajstić information content (AvgIpc) is 3.09. The number of carboxylic acid groups (broad SMARTS) is 1. The lowest BCUT2D eigenvalue weighted by Crippen LogP contribution is -1.90. The van der Waals surface area contributed by atoms with Crippen LogP contribution in [0.5, 0.6) is 0 Å². The fourth-order valence-electron chi connectivity index (χ4n) is 2.08. The van der Waals surface area contributed by atoms with Crippen LogP contribution in [-0.4, -0.2) is 11.1 Å². The SMILES string of the molecule is CC.O=C(O)c1cc2scc(CCc3ccccc3)c2s1. The molecule has 1 aromatic carbocycles. The van der Waals surface area contributed by atoms with E-state index in [1.54, 1.807) is 17.4 Å². The maximum atomic E-state index is 11.0. The number of fused-ring (bicyclic) bond motifs is 1. The smallest absolute Gasteiger partial charge is 0.345 e. The number of carboxylic acids is 1. The van der Waals surface area contributed by atoms with E-state index in [1.807, 2.05) is 32.0 Å². The van der Waals surface area contributed by atoms with Gasteiger partial charge in [0.05, 0.1) is 0 Å². The molecular weight excluding hydrogens is 300 g/mol. The minimum absolute atomic E-state index is 0.433. The minimum Gasteiger partial charge on any atom is -0.477 e. The Hall–Kier alpha value is -1.65. The Kier molecular flexibility index (Phi) is 5.53. The summed E-state index contributed by atoms with van der Waals surface area (Å²) in [6, 6.07) is 12.1. The van der Waals surface area contributed by atoms with E-state index in [0.29, 0.717) is 4.88 Å². The first kappa shape index (κ1) is 15.7. The van der Waals surface area contributed by atoms with E-state index < -0.39 is 5.97 Å². The quantitative estimate of drug-likeness (QED) is 0.692. The van der Waals surface area contributed by atoms with E-state index in [1.165, 1.54) is 22.5 Å². The normalized spacial score (nSPS) is 10.2. The highest BCUT2D eigenvalue weighted by molar-refractivity contribution is 7.28. The second-order valence-corrected chi connectivity index (χ2v) is 6.32. The van der Waals surface area contributed by atoms with Crippen LogP contribution in [0.15, 0.2) is 41.8 Å². The van der Waals surface area contributed by atoms with Gasteiger partial charge in [-0.2, -0.15) is 0 Å². The second kappa shape index (κ2) is 7.38. The third-order valence-electron chi connectivity index (χ3n) is 3.05. The summed E-state index contributed by atoms with van der Waals surface area (Å²) in [7, 11) is 0. The van der Waals surface area contributed by atoms with E-state index in [-0.39, 0.29) is 0 Å². The molecule has 0 bridgehead atoms. The Morgan fingerprint density at radius 3 is 2.52 bits per heavy atom. The summed E-state index contributed by atoms with van der Waals surface area (Å²) in [5.74, 6) is -0.831. The zero-order valence-electron chi connectivity index (χ0n) is 12.1. The lowest BCUT2D eigenvalue weighted by Gasteiger charge is -1.99. The third-order valence-corrected chi connectivity index (χ3v) is 5.36. The van der Waals surface area contributed by atoms with Crippen LogP contribution in [0.25, 0.3) is 9.40 Å². The highest BCUT2D eigenvalue weighted by atomic mass is 32.1. The summed E-state index contributed by atoms with van der Waals surface area (Å²) in [6.07, 6.45) is 1.95. The van der Waals surface area contributed by atoms with Crippen molar-refractivity contribution in [3.63, 3.8) is 0 Å². The molecule has 4 heteroatoms. The molecule has 0 radical (unpaired) electrons. The van der Waals surface area contributed by atoms with Crippen LogP contribution in [0.4, 0.5) is 0 Å². The maximum absolute atomic E-state index is 11.0. The number of hydrogen-bond acceptors (Lipinski definition) is 3. The maximum Gasteiger partial charge on any atom is 0.345 e. The molecule has 2 aromatic heterocycles. The molecule has 0 aliphatic rings. The van der Waals surface area contributed by atoms with Crippen LogP contribution in [0.2, 0.25) is 0 Å². The van der Waals surface area contributed by atoms with Gasteiger partial charge in [-0.3, -0.25) is 0 Å². The Labute approximate surface area is 132 Å². The van der Waals surface area contributed by atoms with Crippen molar-refractivity contribution in [2.45, 2.75) is 26.7 Å². The summed E-state index contributed by atoms with van der Waals surface area (Å²) < 4.78 is 2.23. The van der Waals surface area contributed by atoms with Gasteiger partial charge in [0, 0.05) is 9.40 Å². The molecule has 0 fully saturated rings. The monoisotopic (exact) mass is 318 g/mol. The first-order valence-corrected chi connectivity index (χ1v) is 8.71. The number of benzene rings is 1. The van der Waals surface area contributed by atoms with Gasteiger partial charge in [0.1, 0.15) is 4.88 Å². The summed E-state index contributed by atoms with van der Waals surface area (Å²) >= 11 is 3.02. The van der Waals surface area contributed by atoms with E-state index in [0.717, 1.165) is 22.2 Å². The number of aryl methyl sites for hydroxylation is 2. The van der Waals surface area contributed by atoms with Gasteiger partial charge in [0.2, 0.25) is 0 Å². The molecule has 1 N–H and O–H groups in total. The van der Waals surface area contributed by atoms with Gasteiger partial charge in [-0.1, -0.05) is 44.2 Å². The van der Waals surface area contributed by atoms with Crippen LogP contribution < -0.4 is 0 Å². The summed E-state index contributed by atoms with van der Waals surface area (Å²) in [4.78, 5) is 11.4. The standard InChI is InChI=1S/C15H12O2S2.C2H6/c16-15(17)13-8-12-14(19-13)11(9-18-12)7-6-10-4-2-1-3-5-10;1-2/h1-5,8-9H,6-7H2,(H,16,17);1-2H3. The van der Waals surface area contributed by atoms with Crippen molar-refractivity contribution in [1.82, 2.24) is 0 Å². The van der Waals surface area contributed by atoms with Crippen LogP contribution in [0.1, 0.15) is 34.6 Å². The van der Waals surface area contributed by atoms with Gasteiger partial charge in [-0.05, 0) is 35.4 Å². The molecule has 21 heavy (non-hydrogen) atoms. The van der Waals surface area contributed by atoms with Crippen molar-refractivity contribution < 1.29 is 9.90 Å². The highest BCUT2D eigenvalue weighted by Crippen LogP contribution is 2.34. The van der Waals surface area contributed by atoms with Gasteiger partial charge in [-0.25, -0.2) is 4.79 Å². The molecule has 0 amide bonds. The van der Waals surface area contributed by atoms with Gasteiger partial charge < -0.3 is 5.11 Å². The van der Waals surface area contributed by atoms with Crippen LogP contribution in [0.3, 0.4) is 0 Å². The predicted octanol–water partition coefficient (Wildman–Crippen LogP) is 5.47. The Balaban J connectivity index is 0.000000774. The summed E-state index contributed by atoms with van der Waals surface area (Å²) in [5, 5.41) is 11.2. The molecule has 2 heterocycles. The third kappa shape index (κ3) is 3.71. The topological polar surface area (TPSA) is 37.3 Å². The van der Waals surface area contributed by atoms with E-state index in [4.69, 9.17) is 5.11 Å². The second-order valence-electron chi connectivity index (χ2n) is 4.36. The molecule has 0 saturated carbocycles. The van der Waals surface area contributed by atoms with Crippen molar-refractivity contribution in [3.05, 3.63) is 57.8 Å². The molecule has 0 spiro atoms. The Morgan fingerprint density at radius 2 is 1.86 bits per heavy atom. The van der Waals surface area contributed by atoms with Gasteiger partial charge in [0.15, 0.2) is 0 Å². The Morgan fingerprint density at radius 1 is 1.14 bits per heavy atom. The number of thiophene rings is 2. The van der Waals surface area contributed by atoms with Gasteiger partial charge in [-0.15, -0.1) is 22.7 Å². The van der Waals surface area contributed by atoms with Crippen molar-refractivity contribution in [3.8, 4) is 0 Å². The van der Waals surface area contributed by atoms with Gasteiger partial charge in [0.25, 0.3) is 0 Å². The lowest BCUT2D eigenvalue weighted by molar-refractivity contribution is 0.0702. The molecule has 0 saturated heterocycles. The fraction of sp³-hybridized carbons (Fsp3) is 0.235. The first-order valence-electron chi connectivity index (χ1n) is 7.01. The number of rotatable bonds is 4. The number of carbonyl (C=O) groups is 1. The molecule has 0 aliphatic carbocycles. The minimum atomic E-state index is -0.831. The van der Waals surface area contributed by atoms with Crippen molar-refractivity contribution >= 4 is 38.0 Å². The number of hydrogen-bond donors (Lipinski definition) is 1. The molecule has 0 unspecified atom stereocenters. The molecular formula is C17H18O2S2. The molecule has 2 nitrogen and oxygen atoms in total. The highest BCUT2D eigenvalue weighted by Gasteiger charge is 2.12. The molecule has 3 rings (SSSR count). The Bertz CT molecular complexity index is 711. The largest absolute Gasteiger partial charge is 0.477 e. The first-order chi connectivity index (χ1) is 10.2. The fourth-order valence-corrected chi connectivity index (χ4v) is 4.36. The van der Waals surface area contributed by atoms with Crippen LogP contribution >= 0.6 is 22.7 Å². The summed E-state index contributed by atoms with van der Waals surface area (Å²) in [6.45, 7) is 4.00. The van der Waals surface area contributed by atoms with E-state index >= 15 is 0 Å². The molecule has 0 atom stereocenters.